The van der Waals surface area contributed by atoms with Crippen LogP contribution in [0.1, 0.15) is 40.5 Å². The zero-order valence-electron chi connectivity index (χ0n) is 12.8. The predicted molar refractivity (Wildman–Crippen MR) is 88.8 cm³/mol. The van der Waals surface area contributed by atoms with Crippen molar-refractivity contribution in [3.8, 4) is 0 Å². The smallest absolute Gasteiger partial charge is 0.226 e. The molecule has 0 aliphatic heterocycles. The first-order valence-electron chi connectivity index (χ1n) is 7.28. The Bertz CT molecular complexity index is 562. The van der Waals surface area contributed by atoms with E-state index in [2.05, 4.69) is 59.7 Å². The maximum atomic E-state index is 4.62. The van der Waals surface area contributed by atoms with Crippen LogP contribution >= 0.6 is 11.3 Å². The first kappa shape index (κ1) is 15.0. The Morgan fingerprint density at radius 1 is 1.20 bits per heavy atom. The van der Waals surface area contributed by atoms with E-state index in [1.54, 1.807) is 11.3 Å². The Morgan fingerprint density at radius 3 is 2.70 bits per heavy atom. The van der Waals surface area contributed by atoms with E-state index in [1.807, 2.05) is 0 Å². The molecule has 110 valence electrons. The summed E-state index contributed by atoms with van der Waals surface area (Å²) in [7, 11) is 0. The van der Waals surface area contributed by atoms with Gasteiger partial charge in [-0.25, -0.2) is 4.98 Å². The van der Waals surface area contributed by atoms with Crippen molar-refractivity contribution < 1.29 is 0 Å². The lowest BCUT2D eigenvalue weighted by molar-refractivity contribution is 0.376. The van der Waals surface area contributed by atoms with Crippen molar-refractivity contribution in [2.24, 2.45) is 5.41 Å². The van der Waals surface area contributed by atoms with Crippen molar-refractivity contribution >= 4 is 33.3 Å². The highest BCUT2D eigenvalue weighted by Gasteiger charge is 2.16. The molecule has 0 unspecified atom stereocenters. The van der Waals surface area contributed by atoms with Crippen molar-refractivity contribution in [1.82, 2.24) is 9.97 Å². The molecule has 0 aliphatic rings. The Labute approximate surface area is 125 Å². The van der Waals surface area contributed by atoms with Gasteiger partial charge in [0.15, 0.2) is 0 Å². The molecule has 2 N–H and O–H groups in total. The molecule has 2 heterocycles. The van der Waals surface area contributed by atoms with Crippen LogP contribution < -0.4 is 10.6 Å². The molecule has 0 aromatic carbocycles. The molecule has 4 nitrogen and oxygen atoms in total. The van der Waals surface area contributed by atoms with E-state index in [0.717, 1.165) is 47.9 Å². The van der Waals surface area contributed by atoms with Crippen LogP contribution in [0.2, 0.25) is 0 Å². The van der Waals surface area contributed by atoms with Gasteiger partial charge in [-0.1, -0.05) is 27.7 Å². The summed E-state index contributed by atoms with van der Waals surface area (Å²) in [6.45, 7) is 10.7. The number of hydrogen-bond acceptors (Lipinski definition) is 5. The summed E-state index contributed by atoms with van der Waals surface area (Å²) in [5.41, 5.74) is 0.268. The van der Waals surface area contributed by atoms with E-state index in [1.165, 1.54) is 0 Å². The third-order valence-electron chi connectivity index (χ3n) is 3.55. The average Bonchev–Trinajstić information content (AvgIpc) is 2.91. The van der Waals surface area contributed by atoms with Gasteiger partial charge in [-0.2, -0.15) is 4.98 Å². The largest absolute Gasteiger partial charge is 0.369 e. The van der Waals surface area contributed by atoms with Crippen LogP contribution in [0.15, 0.2) is 11.4 Å². The van der Waals surface area contributed by atoms with Crippen LogP contribution in [0.4, 0.5) is 11.8 Å². The maximum Gasteiger partial charge on any atom is 0.226 e. The third kappa shape index (κ3) is 3.60. The van der Waals surface area contributed by atoms with Crippen molar-refractivity contribution in [1.29, 1.82) is 0 Å². The number of nitrogens with one attached hydrogen (secondary N) is 2. The van der Waals surface area contributed by atoms with Crippen LogP contribution in [0.5, 0.6) is 0 Å². The molecule has 0 saturated carbocycles. The van der Waals surface area contributed by atoms with E-state index in [-0.39, 0.29) is 5.41 Å². The lowest BCUT2D eigenvalue weighted by Gasteiger charge is -2.23. The van der Waals surface area contributed by atoms with Gasteiger partial charge in [-0.05, 0) is 29.7 Å². The summed E-state index contributed by atoms with van der Waals surface area (Å²) in [4.78, 5) is 10.2. The second-order valence-electron chi connectivity index (χ2n) is 5.83. The van der Waals surface area contributed by atoms with Crippen molar-refractivity contribution in [3.05, 3.63) is 11.4 Å². The topological polar surface area (TPSA) is 49.8 Å². The first-order chi connectivity index (χ1) is 9.55. The lowest BCUT2D eigenvalue weighted by atomic mass is 9.90. The molecule has 0 atom stereocenters. The molecule has 2 aromatic heterocycles. The predicted octanol–water partition coefficient (Wildman–Crippen LogP) is 4.36. The molecule has 2 rings (SSSR count). The monoisotopic (exact) mass is 292 g/mol. The summed E-state index contributed by atoms with van der Waals surface area (Å²) < 4.78 is 0. The maximum absolute atomic E-state index is 4.62. The van der Waals surface area contributed by atoms with Gasteiger partial charge in [0.2, 0.25) is 5.95 Å². The molecule has 0 amide bonds. The Hall–Kier alpha value is -1.36. The van der Waals surface area contributed by atoms with E-state index < -0.39 is 0 Å². The number of hydrogen-bond donors (Lipinski definition) is 2. The van der Waals surface area contributed by atoms with Gasteiger partial charge < -0.3 is 10.6 Å². The summed E-state index contributed by atoms with van der Waals surface area (Å²) in [5.74, 6) is 1.66. The van der Waals surface area contributed by atoms with Crippen LogP contribution in [0.3, 0.4) is 0 Å². The fraction of sp³-hybridized carbons (Fsp3) is 0.600. The Kier molecular flexibility index (Phi) is 4.81. The van der Waals surface area contributed by atoms with E-state index in [9.17, 15) is 0 Å². The van der Waals surface area contributed by atoms with Crippen molar-refractivity contribution in [3.63, 3.8) is 0 Å². The number of fused-ring (bicyclic) bond motifs is 1. The van der Waals surface area contributed by atoms with E-state index in [0.29, 0.717) is 0 Å². The van der Waals surface area contributed by atoms with Crippen LogP contribution in [0.25, 0.3) is 10.2 Å². The zero-order chi connectivity index (χ0) is 14.6. The second kappa shape index (κ2) is 6.39. The zero-order valence-corrected chi connectivity index (χ0v) is 13.6. The van der Waals surface area contributed by atoms with Gasteiger partial charge in [-0.3, -0.25) is 0 Å². The fourth-order valence-electron chi connectivity index (χ4n) is 1.75. The quantitative estimate of drug-likeness (QED) is 0.796. The van der Waals surface area contributed by atoms with Gasteiger partial charge in [0.05, 0.1) is 5.39 Å². The highest BCUT2D eigenvalue weighted by Crippen LogP contribution is 2.28. The number of thiophene rings is 1. The fourth-order valence-corrected chi connectivity index (χ4v) is 2.52. The third-order valence-corrected chi connectivity index (χ3v) is 4.36. The highest BCUT2D eigenvalue weighted by molar-refractivity contribution is 7.16. The number of nitrogens with zero attached hydrogens (tertiary/aromatic N) is 2. The minimum atomic E-state index is 0.268. The van der Waals surface area contributed by atoms with E-state index >= 15 is 0 Å². The molecule has 0 bridgehead atoms. The van der Waals surface area contributed by atoms with Crippen LogP contribution in [-0.2, 0) is 0 Å². The summed E-state index contributed by atoms with van der Waals surface area (Å²) in [6, 6.07) is 2.09. The Morgan fingerprint density at radius 2 is 2.00 bits per heavy atom. The summed E-state index contributed by atoms with van der Waals surface area (Å²) in [6.07, 6.45) is 2.20. The van der Waals surface area contributed by atoms with Gasteiger partial charge in [0, 0.05) is 13.1 Å². The summed E-state index contributed by atoms with van der Waals surface area (Å²) >= 11 is 1.66. The normalized spacial score (nSPS) is 11.8. The highest BCUT2D eigenvalue weighted by atomic mass is 32.1. The standard InChI is InChI=1S/C15H24N4S/c1-5-8-16-14-18-12(17-10-15(3,4)6-2)11-7-9-20-13(11)19-14/h7,9H,5-6,8,10H2,1-4H3,(H2,16,17,18,19). The second-order valence-corrected chi connectivity index (χ2v) is 6.73. The molecule has 0 aliphatic carbocycles. The van der Waals surface area contributed by atoms with Crippen molar-refractivity contribution in [2.75, 3.05) is 23.7 Å². The van der Waals surface area contributed by atoms with Gasteiger partial charge in [0.1, 0.15) is 10.6 Å². The molecule has 0 saturated heterocycles. The Balaban J connectivity index is 2.23. The molecule has 5 heteroatoms. The number of rotatable bonds is 7. The molecular weight excluding hydrogens is 268 g/mol. The van der Waals surface area contributed by atoms with Gasteiger partial charge >= 0.3 is 0 Å². The van der Waals surface area contributed by atoms with Crippen LogP contribution in [-0.4, -0.2) is 23.1 Å². The van der Waals surface area contributed by atoms with Crippen molar-refractivity contribution in [2.45, 2.75) is 40.5 Å². The molecular formula is C15H24N4S. The first-order valence-corrected chi connectivity index (χ1v) is 8.16. The summed E-state index contributed by atoms with van der Waals surface area (Å²) in [5, 5.41) is 9.95. The van der Waals surface area contributed by atoms with Gasteiger partial charge in [0.25, 0.3) is 0 Å². The lowest BCUT2D eigenvalue weighted by Crippen LogP contribution is -2.22. The molecule has 20 heavy (non-hydrogen) atoms. The number of anilines is 2. The molecule has 2 aromatic rings. The van der Waals surface area contributed by atoms with Crippen LogP contribution in [0, 0.1) is 5.41 Å². The van der Waals surface area contributed by atoms with Gasteiger partial charge in [-0.15, -0.1) is 11.3 Å². The average molecular weight is 292 g/mol. The minimum absolute atomic E-state index is 0.268. The minimum Gasteiger partial charge on any atom is -0.369 e. The molecule has 0 spiro atoms. The number of aromatic nitrogens is 2. The molecule has 0 radical (unpaired) electrons. The van der Waals surface area contributed by atoms with E-state index in [4.69, 9.17) is 0 Å². The molecule has 0 fully saturated rings. The SMILES string of the molecule is CCCNc1nc(NCC(C)(C)CC)c2ccsc2n1.